The van der Waals surface area contributed by atoms with E-state index in [-0.39, 0.29) is 29.7 Å². The van der Waals surface area contributed by atoms with Crippen molar-refractivity contribution in [2.24, 2.45) is 0 Å². The molecule has 5 rings (SSSR count). The summed E-state index contributed by atoms with van der Waals surface area (Å²) in [6.07, 6.45) is 8.88. The highest BCUT2D eigenvalue weighted by Crippen LogP contribution is 2.38. The number of pyridine rings is 1. The number of anilines is 1. The van der Waals surface area contributed by atoms with Crippen molar-refractivity contribution in [3.8, 4) is 0 Å². The van der Waals surface area contributed by atoms with E-state index in [0.29, 0.717) is 39.3 Å². The van der Waals surface area contributed by atoms with Crippen LogP contribution in [-0.4, -0.2) is 55.9 Å². The predicted octanol–water partition coefficient (Wildman–Crippen LogP) is 4.15. The first-order valence-electron chi connectivity index (χ1n) is 12.0. The SMILES string of the molecule is Cc1cccn2c(=O)c(/C=C3\SC(=S)N(C4CCCCC4)C3=O)c(N3C[C@@H](C)O[C@@H](C)C3)nc12. The van der Waals surface area contributed by atoms with Gasteiger partial charge in [0.1, 0.15) is 15.8 Å². The Labute approximate surface area is 209 Å². The van der Waals surface area contributed by atoms with Crippen LogP contribution in [0.2, 0.25) is 0 Å². The lowest BCUT2D eigenvalue weighted by molar-refractivity contribution is -0.124. The normalized spacial score (nSPS) is 25.7. The van der Waals surface area contributed by atoms with Crippen LogP contribution in [0, 0.1) is 6.92 Å². The van der Waals surface area contributed by atoms with Crippen molar-refractivity contribution in [2.75, 3.05) is 18.0 Å². The molecule has 2 aliphatic heterocycles. The molecule has 0 unspecified atom stereocenters. The van der Waals surface area contributed by atoms with E-state index in [1.54, 1.807) is 21.6 Å². The monoisotopic (exact) mass is 498 g/mol. The number of nitrogens with zero attached hydrogens (tertiary/aromatic N) is 4. The fourth-order valence-corrected chi connectivity index (χ4v) is 6.67. The predicted molar refractivity (Wildman–Crippen MR) is 140 cm³/mol. The van der Waals surface area contributed by atoms with Gasteiger partial charge in [-0.25, -0.2) is 4.98 Å². The van der Waals surface area contributed by atoms with Gasteiger partial charge in [-0.3, -0.25) is 18.9 Å². The highest BCUT2D eigenvalue weighted by molar-refractivity contribution is 8.26. The molecular weight excluding hydrogens is 468 g/mol. The molecule has 1 amide bonds. The van der Waals surface area contributed by atoms with Gasteiger partial charge in [0.05, 0.1) is 22.7 Å². The Morgan fingerprint density at radius 1 is 1.15 bits per heavy atom. The number of rotatable bonds is 3. The van der Waals surface area contributed by atoms with Gasteiger partial charge < -0.3 is 9.64 Å². The summed E-state index contributed by atoms with van der Waals surface area (Å²) in [4.78, 5) is 36.5. The molecule has 3 fully saturated rings. The van der Waals surface area contributed by atoms with Crippen molar-refractivity contribution in [3.63, 3.8) is 0 Å². The number of thioether (sulfide) groups is 1. The number of ether oxygens (including phenoxy) is 1. The number of hydrogen-bond donors (Lipinski definition) is 0. The van der Waals surface area contributed by atoms with Gasteiger partial charge in [0.15, 0.2) is 0 Å². The number of hydrogen-bond acceptors (Lipinski definition) is 7. The van der Waals surface area contributed by atoms with E-state index in [1.807, 2.05) is 32.9 Å². The lowest BCUT2D eigenvalue weighted by Crippen LogP contribution is -2.46. The first-order chi connectivity index (χ1) is 16.3. The first-order valence-corrected chi connectivity index (χ1v) is 13.3. The van der Waals surface area contributed by atoms with E-state index in [0.717, 1.165) is 31.2 Å². The largest absolute Gasteiger partial charge is 0.372 e. The van der Waals surface area contributed by atoms with Crippen LogP contribution in [0.4, 0.5) is 5.82 Å². The molecule has 1 saturated carbocycles. The lowest BCUT2D eigenvalue weighted by atomic mass is 9.94. The van der Waals surface area contributed by atoms with E-state index in [9.17, 15) is 9.59 Å². The van der Waals surface area contributed by atoms with Gasteiger partial charge in [0, 0.05) is 25.3 Å². The maximum Gasteiger partial charge on any atom is 0.267 e. The quantitative estimate of drug-likeness (QED) is 0.465. The van der Waals surface area contributed by atoms with E-state index >= 15 is 0 Å². The molecule has 7 nitrogen and oxygen atoms in total. The van der Waals surface area contributed by atoms with Crippen LogP contribution in [0.15, 0.2) is 28.0 Å². The molecule has 0 aromatic carbocycles. The molecule has 3 aliphatic rings. The number of aromatic nitrogens is 2. The number of morpholine rings is 1. The number of carbonyl (C=O) groups excluding carboxylic acids is 1. The molecule has 34 heavy (non-hydrogen) atoms. The third-order valence-electron chi connectivity index (χ3n) is 6.82. The van der Waals surface area contributed by atoms with Crippen LogP contribution in [0.1, 0.15) is 57.1 Å². The van der Waals surface area contributed by atoms with Gasteiger partial charge in [-0.05, 0) is 51.3 Å². The van der Waals surface area contributed by atoms with E-state index < -0.39 is 0 Å². The van der Waals surface area contributed by atoms with Crippen molar-refractivity contribution >= 4 is 51.7 Å². The van der Waals surface area contributed by atoms with Gasteiger partial charge in [-0.2, -0.15) is 0 Å². The molecule has 0 bridgehead atoms. The molecule has 2 atom stereocenters. The Morgan fingerprint density at radius 2 is 1.85 bits per heavy atom. The van der Waals surface area contributed by atoms with E-state index in [4.69, 9.17) is 21.9 Å². The highest BCUT2D eigenvalue weighted by atomic mass is 32.2. The van der Waals surface area contributed by atoms with Gasteiger partial charge in [0.2, 0.25) is 0 Å². The zero-order chi connectivity index (χ0) is 24.0. The summed E-state index contributed by atoms with van der Waals surface area (Å²) < 4.78 is 8.07. The summed E-state index contributed by atoms with van der Waals surface area (Å²) in [5.74, 6) is 0.509. The van der Waals surface area contributed by atoms with E-state index in [1.165, 1.54) is 18.2 Å². The minimum atomic E-state index is -0.182. The minimum absolute atomic E-state index is 0.0123. The maximum absolute atomic E-state index is 13.7. The average Bonchev–Trinajstić information content (AvgIpc) is 3.08. The summed E-state index contributed by atoms with van der Waals surface area (Å²) in [6, 6.07) is 3.95. The summed E-state index contributed by atoms with van der Waals surface area (Å²) in [5.41, 5.74) is 1.79. The highest BCUT2D eigenvalue weighted by Gasteiger charge is 2.38. The molecule has 9 heteroatoms. The molecule has 2 aromatic heterocycles. The zero-order valence-electron chi connectivity index (χ0n) is 19.8. The second-order valence-electron chi connectivity index (χ2n) is 9.54. The number of fused-ring (bicyclic) bond motifs is 1. The van der Waals surface area contributed by atoms with Crippen LogP contribution >= 0.6 is 24.0 Å². The standard InChI is InChI=1S/C25H30N4O3S2/c1-15-8-7-11-28-21(15)26-22(27-13-16(2)32-17(3)14-27)19(23(28)30)12-20-24(31)29(25(33)34-20)18-9-5-4-6-10-18/h7-8,11-12,16-18H,4-6,9-10,13-14H2,1-3H3/b20-12-/t16-,17+. The van der Waals surface area contributed by atoms with Crippen LogP contribution in [0.5, 0.6) is 0 Å². The van der Waals surface area contributed by atoms with Gasteiger partial charge in [-0.1, -0.05) is 49.3 Å². The number of carbonyl (C=O) groups is 1. The fourth-order valence-electron chi connectivity index (χ4n) is 5.28. The van der Waals surface area contributed by atoms with Crippen molar-refractivity contribution in [1.82, 2.24) is 14.3 Å². The summed E-state index contributed by atoms with van der Waals surface area (Å²) in [7, 11) is 0. The van der Waals surface area contributed by atoms with Gasteiger partial charge >= 0.3 is 0 Å². The third-order valence-corrected chi connectivity index (χ3v) is 8.15. The molecule has 2 aromatic rings. The molecular formula is C25H30N4O3S2. The van der Waals surface area contributed by atoms with Crippen molar-refractivity contribution in [1.29, 1.82) is 0 Å². The topological polar surface area (TPSA) is 67.2 Å². The molecule has 2 saturated heterocycles. The maximum atomic E-state index is 13.7. The molecule has 1 aliphatic carbocycles. The van der Waals surface area contributed by atoms with Crippen molar-refractivity contribution < 1.29 is 9.53 Å². The van der Waals surface area contributed by atoms with E-state index in [2.05, 4.69) is 4.90 Å². The molecule has 0 spiro atoms. The van der Waals surface area contributed by atoms with Crippen LogP contribution in [0.25, 0.3) is 11.7 Å². The average molecular weight is 499 g/mol. The van der Waals surface area contributed by atoms with Crippen molar-refractivity contribution in [2.45, 2.75) is 71.1 Å². The zero-order valence-corrected chi connectivity index (χ0v) is 21.5. The molecule has 180 valence electrons. The summed E-state index contributed by atoms with van der Waals surface area (Å²) >= 11 is 6.90. The van der Waals surface area contributed by atoms with Crippen LogP contribution in [0.3, 0.4) is 0 Å². The molecule has 4 heterocycles. The Hall–Kier alpha value is -2.23. The van der Waals surface area contributed by atoms with Crippen molar-refractivity contribution in [3.05, 3.63) is 44.7 Å². The number of aryl methyl sites for hydroxylation is 1. The smallest absolute Gasteiger partial charge is 0.267 e. The van der Waals surface area contributed by atoms with Crippen LogP contribution < -0.4 is 10.5 Å². The Bertz CT molecular complexity index is 1220. The summed E-state index contributed by atoms with van der Waals surface area (Å²) in [5, 5.41) is 0. The second-order valence-corrected chi connectivity index (χ2v) is 11.2. The Morgan fingerprint density at radius 3 is 2.56 bits per heavy atom. The summed E-state index contributed by atoms with van der Waals surface area (Å²) in [6.45, 7) is 7.25. The fraction of sp³-hybridized carbons (Fsp3) is 0.520. The first kappa shape index (κ1) is 23.5. The molecule has 0 N–H and O–H groups in total. The number of thiocarbonyl (C=S) groups is 1. The lowest BCUT2D eigenvalue weighted by Gasteiger charge is -2.36. The minimum Gasteiger partial charge on any atom is -0.372 e. The Balaban J connectivity index is 1.62. The van der Waals surface area contributed by atoms with Gasteiger partial charge in [0.25, 0.3) is 11.5 Å². The number of amides is 1. The van der Waals surface area contributed by atoms with Gasteiger partial charge in [-0.15, -0.1) is 0 Å². The third kappa shape index (κ3) is 4.29. The molecule has 0 radical (unpaired) electrons. The second kappa shape index (κ2) is 9.43. The van der Waals surface area contributed by atoms with Crippen LogP contribution in [-0.2, 0) is 9.53 Å². The Kier molecular flexibility index (Phi) is 6.52.